The van der Waals surface area contributed by atoms with Gasteiger partial charge < -0.3 is 19.9 Å². The zero-order valence-corrected chi connectivity index (χ0v) is 28.6. The molecule has 0 atom stereocenters. The Morgan fingerprint density at radius 3 is 2.10 bits per heavy atom. The molecule has 7 nitrogen and oxygen atoms in total. The van der Waals surface area contributed by atoms with Crippen molar-refractivity contribution < 1.29 is 27.5 Å². The summed E-state index contributed by atoms with van der Waals surface area (Å²) in [5, 5.41) is 2.20. The normalized spacial score (nSPS) is 17.6. The molecule has 0 unspecified atom stereocenters. The van der Waals surface area contributed by atoms with Crippen LogP contribution in [-0.2, 0) is 10.2 Å². The number of fused-ring (bicyclic) bond motifs is 2. The summed E-state index contributed by atoms with van der Waals surface area (Å²) in [6.07, 6.45) is 4.75. The fourth-order valence-electron chi connectivity index (χ4n) is 7.90. The van der Waals surface area contributed by atoms with Crippen LogP contribution in [0.2, 0.25) is 0 Å². The molecule has 2 fully saturated rings. The van der Waals surface area contributed by atoms with E-state index in [1.807, 2.05) is 35.2 Å². The van der Waals surface area contributed by atoms with Gasteiger partial charge in [-0.2, -0.15) is 13.2 Å². The maximum Gasteiger partial charge on any atom is 0.405 e. The first-order valence-electron chi connectivity index (χ1n) is 17.9. The molecule has 2 aliphatic heterocycles. The Hall–Kier alpha value is -4.31. The first-order valence-corrected chi connectivity index (χ1v) is 17.9. The number of anilines is 1. The van der Waals surface area contributed by atoms with Gasteiger partial charge in [-0.05, 0) is 68.6 Å². The maximum absolute atomic E-state index is 13.8. The molecule has 266 valence electrons. The van der Waals surface area contributed by atoms with E-state index < -0.39 is 24.0 Å². The molecule has 0 spiro atoms. The van der Waals surface area contributed by atoms with Gasteiger partial charge in [-0.3, -0.25) is 14.5 Å². The molecule has 0 radical (unpaired) electrons. The predicted octanol–water partition coefficient (Wildman–Crippen LogP) is 7.71. The molecule has 2 heterocycles. The third-order valence-corrected chi connectivity index (χ3v) is 10.5. The number of ether oxygens (including phenoxy) is 1. The minimum atomic E-state index is -4.52. The van der Waals surface area contributed by atoms with Crippen LogP contribution < -0.4 is 15.0 Å². The third-order valence-electron chi connectivity index (χ3n) is 10.5. The van der Waals surface area contributed by atoms with Crippen molar-refractivity contribution in [3.05, 3.63) is 102 Å². The maximum atomic E-state index is 13.8. The number of piperazine rings is 1. The van der Waals surface area contributed by atoms with E-state index in [0.29, 0.717) is 47.6 Å². The number of hydrogen-bond donors (Lipinski definition) is 1. The van der Waals surface area contributed by atoms with Crippen LogP contribution >= 0.6 is 0 Å². The SMILES string of the molecule is C=CCN(C(=O)c1ccc(N2CCN(CCCCC3(C(=O)NCC(F)(F)F)c4ccccc4Oc4ccccc43)CC2)cc1)C1CCCCC1. The lowest BCUT2D eigenvalue weighted by molar-refractivity contribution is -0.141. The van der Waals surface area contributed by atoms with Crippen LogP contribution in [0.5, 0.6) is 11.5 Å². The number of nitrogens with zero attached hydrogens (tertiary/aromatic N) is 3. The Bertz CT molecular complexity index is 1580. The highest BCUT2D eigenvalue weighted by molar-refractivity contribution is 5.95. The zero-order valence-electron chi connectivity index (χ0n) is 28.6. The molecule has 2 amide bonds. The van der Waals surface area contributed by atoms with Gasteiger partial charge in [0.2, 0.25) is 5.91 Å². The second kappa shape index (κ2) is 15.7. The molecule has 50 heavy (non-hydrogen) atoms. The number of amides is 2. The Morgan fingerprint density at radius 1 is 0.880 bits per heavy atom. The van der Waals surface area contributed by atoms with Crippen molar-refractivity contribution in [3.8, 4) is 11.5 Å². The van der Waals surface area contributed by atoms with Gasteiger partial charge in [-0.15, -0.1) is 6.58 Å². The largest absolute Gasteiger partial charge is 0.457 e. The molecule has 1 N–H and O–H groups in total. The van der Waals surface area contributed by atoms with E-state index >= 15 is 0 Å². The van der Waals surface area contributed by atoms with Crippen LogP contribution in [0.4, 0.5) is 18.9 Å². The van der Waals surface area contributed by atoms with Crippen LogP contribution in [-0.4, -0.2) is 79.6 Å². The van der Waals surface area contributed by atoms with E-state index in [2.05, 4.69) is 21.7 Å². The van der Waals surface area contributed by atoms with Gasteiger partial charge in [0.05, 0.1) is 0 Å². The molecule has 3 aromatic carbocycles. The second-order valence-corrected chi connectivity index (χ2v) is 13.7. The summed E-state index contributed by atoms with van der Waals surface area (Å²) in [4.78, 5) is 34.0. The molecule has 1 aliphatic carbocycles. The van der Waals surface area contributed by atoms with Crippen LogP contribution in [0.25, 0.3) is 0 Å². The predicted molar refractivity (Wildman–Crippen MR) is 190 cm³/mol. The summed E-state index contributed by atoms with van der Waals surface area (Å²) in [6.45, 7) is 7.30. The van der Waals surface area contributed by atoms with Crippen LogP contribution in [0.15, 0.2) is 85.5 Å². The Kier molecular flexibility index (Phi) is 11.2. The van der Waals surface area contributed by atoms with Gasteiger partial charge >= 0.3 is 6.18 Å². The standard InChI is InChI=1S/C40H47F3N4O3/c1-2-23-47(32-12-4-3-5-13-32)37(48)30-18-20-31(21-19-30)46-27-25-45(26-28-46)24-11-10-22-39(38(49)44-29-40(41,42)43)33-14-6-8-16-35(33)50-36-17-9-7-15-34(36)39/h2,6-9,14-21,32H,1,3-5,10-13,22-29H2,(H,44,49). The Morgan fingerprint density at radius 2 is 1.50 bits per heavy atom. The highest BCUT2D eigenvalue weighted by Gasteiger charge is 2.48. The lowest BCUT2D eigenvalue weighted by Crippen LogP contribution is -2.49. The van der Waals surface area contributed by atoms with Crippen LogP contribution in [0.1, 0.15) is 72.9 Å². The quantitative estimate of drug-likeness (QED) is 0.156. The van der Waals surface area contributed by atoms with E-state index in [1.54, 1.807) is 48.5 Å². The van der Waals surface area contributed by atoms with Gasteiger partial charge in [-0.25, -0.2) is 0 Å². The summed E-state index contributed by atoms with van der Waals surface area (Å²) in [7, 11) is 0. The molecule has 1 saturated heterocycles. The molecule has 10 heteroatoms. The number of para-hydroxylation sites is 2. The minimum Gasteiger partial charge on any atom is -0.457 e. The van der Waals surface area contributed by atoms with Gasteiger partial charge in [0.15, 0.2) is 0 Å². The Labute approximate surface area is 293 Å². The zero-order chi connectivity index (χ0) is 35.1. The smallest absolute Gasteiger partial charge is 0.405 e. The Balaban J connectivity index is 1.06. The first-order chi connectivity index (χ1) is 24.2. The summed E-state index contributed by atoms with van der Waals surface area (Å²) >= 11 is 0. The molecule has 1 saturated carbocycles. The van der Waals surface area contributed by atoms with Gasteiger partial charge in [0.1, 0.15) is 23.5 Å². The highest BCUT2D eigenvalue weighted by atomic mass is 19.4. The van der Waals surface area contributed by atoms with Crippen molar-refractivity contribution >= 4 is 17.5 Å². The van der Waals surface area contributed by atoms with Crippen molar-refractivity contribution in [3.63, 3.8) is 0 Å². The molecule has 0 bridgehead atoms. The number of carbonyl (C=O) groups is 2. The second-order valence-electron chi connectivity index (χ2n) is 13.7. The number of unbranched alkanes of at least 4 members (excludes halogenated alkanes) is 1. The average Bonchev–Trinajstić information content (AvgIpc) is 3.14. The topological polar surface area (TPSA) is 65.1 Å². The molecule has 0 aromatic heterocycles. The van der Waals surface area contributed by atoms with E-state index in [4.69, 9.17) is 4.74 Å². The first kappa shape index (κ1) is 35.5. The van der Waals surface area contributed by atoms with E-state index in [1.165, 1.54) is 6.42 Å². The van der Waals surface area contributed by atoms with Crippen LogP contribution in [0, 0.1) is 0 Å². The number of halogens is 3. The molecule has 6 rings (SSSR count). The monoisotopic (exact) mass is 688 g/mol. The fraction of sp³-hybridized carbons (Fsp3) is 0.450. The van der Waals surface area contributed by atoms with E-state index in [9.17, 15) is 22.8 Å². The number of nitrogens with one attached hydrogen (secondary N) is 1. The summed E-state index contributed by atoms with van der Waals surface area (Å²) in [5.74, 6) is 0.377. The van der Waals surface area contributed by atoms with Crippen LogP contribution in [0.3, 0.4) is 0 Å². The number of rotatable bonds is 12. The molecule has 3 aromatic rings. The summed E-state index contributed by atoms with van der Waals surface area (Å²) < 4.78 is 45.9. The lowest BCUT2D eigenvalue weighted by Gasteiger charge is -2.39. The van der Waals surface area contributed by atoms with Crippen molar-refractivity contribution in [2.24, 2.45) is 0 Å². The van der Waals surface area contributed by atoms with Gasteiger partial charge in [0.25, 0.3) is 5.91 Å². The number of hydrogen-bond acceptors (Lipinski definition) is 5. The summed E-state index contributed by atoms with van der Waals surface area (Å²) in [5.41, 5.74) is 1.67. The molecular weight excluding hydrogens is 641 g/mol. The average molecular weight is 689 g/mol. The van der Waals surface area contributed by atoms with Crippen molar-refractivity contribution in [1.29, 1.82) is 0 Å². The van der Waals surface area contributed by atoms with Gasteiger partial charge in [0, 0.05) is 61.1 Å². The number of alkyl halides is 3. The highest BCUT2D eigenvalue weighted by Crippen LogP contribution is 2.50. The van der Waals surface area contributed by atoms with Crippen molar-refractivity contribution in [2.45, 2.75) is 69.0 Å². The molecular formula is C40H47F3N4O3. The summed E-state index contributed by atoms with van der Waals surface area (Å²) in [6, 6.07) is 22.5. The van der Waals surface area contributed by atoms with Crippen molar-refractivity contribution in [1.82, 2.24) is 15.1 Å². The third kappa shape index (κ3) is 7.85. The fourth-order valence-corrected chi connectivity index (χ4v) is 7.90. The van der Waals surface area contributed by atoms with E-state index in [-0.39, 0.29) is 11.9 Å². The van der Waals surface area contributed by atoms with Gasteiger partial charge in [-0.1, -0.05) is 68.2 Å². The number of carbonyl (C=O) groups excluding carboxylic acids is 2. The van der Waals surface area contributed by atoms with E-state index in [0.717, 1.165) is 70.5 Å². The molecule has 3 aliphatic rings. The minimum absolute atomic E-state index is 0.0699. The number of benzene rings is 3. The van der Waals surface area contributed by atoms with Crippen molar-refractivity contribution in [2.75, 3.05) is 50.7 Å². The lowest BCUT2D eigenvalue weighted by atomic mass is 9.68.